The molecule has 102 valence electrons. The number of amides is 1. The van der Waals surface area contributed by atoms with Gasteiger partial charge in [0.25, 0.3) is 0 Å². The summed E-state index contributed by atoms with van der Waals surface area (Å²) in [5, 5.41) is 14.4. The lowest BCUT2D eigenvalue weighted by molar-refractivity contribution is -0.120. The Bertz CT molecular complexity index is 734. The molecular weight excluding hydrogens is 274 g/mol. The van der Waals surface area contributed by atoms with E-state index in [1.165, 1.54) is 0 Å². The van der Waals surface area contributed by atoms with Crippen LogP contribution in [0.5, 0.6) is 5.75 Å². The Hall–Kier alpha value is -2.34. The minimum atomic E-state index is -0.0336. The van der Waals surface area contributed by atoms with Crippen LogP contribution in [-0.2, 0) is 17.8 Å². The van der Waals surface area contributed by atoms with E-state index in [0.29, 0.717) is 24.3 Å². The van der Waals surface area contributed by atoms with Crippen LogP contribution in [0.2, 0.25) is 0 Å². The van der Waals surface area contributed by atoms with Gasteiger partial charge in [0, 0.05) is 17.3 Å². The maximum atomic E-state index is 11.8. The van der Waals surface area contributed by atoms with E-state index in [9.17, 15) is 9.90 Å². The molecule has 6 heteroatoms. The Kier molecular flexibility index (Phi) is 3.39. The first-order valence-electron chi connectivity index (χ1n) is 6.17. The predicted molar refractivity (Wildman–Crippen MR) is 76.7 cm³/mol. The summed E-state index contributed by atoms with van der Waals surface area (Å²) in [6, 6.07) is 7.19. The molecule has 0 fully saturated rings. The van der Waals surface area contributed by atoms with Gasteiger partial charge in [0.15, 0.2) is 11.4 Å². The molecule has 3 aromatic rings. The number of aromatic hydroxyl groups is 1. The predicted octanol–water partition coefficient (Wildman–Crippen LogP) is 1.96. The molecule has 0 atom stereocenters. The summed E-state index contributed by atoms with van der Waals surface area (Å²) >= 11 is 1.57. The van der Waals surface area contributed by atoms with Crippen molar-refractivity contribution < 1.29 is 9.90 Å². The Morgan fingerprint density at radius 3 is 3.05 bits per heavy atom. The second-order valence-corrected chi connectivity index (χ2v) is 5.42. The molecule has 0 aliphatic carbocycles. The molecular formula is C14H13N3O2S. The molecule has 5 nitrogen and oxygen atoms in total. The van der Waals surface area contributed by atoms with E-state index in [2.05, 4.69) is 10.3 Å². The number of hydrogen-bond acceptors (Lipinski definition) is 4. The summed E-state index contributed by atoms with van der Waals surface area (Å²) in [4.78, 5) is 17.1. The summed E-state index contributed by atoms with van der Waals surface area (Å²) in [7, 11) is 0. The fourth-order valence-corrected chi connectivity index (χ4v) is 2.66. The van der Waals surface area contributed by atoms with Crippen LogP contribution >= 0.6 is 11.3 Å². The maximum absolute atomic E-state index is 11.8. The van der Waals surface area contributed by atoms with E-state index in [-0.39, 0.29) is 11.7 Å². The molecule has 0 saturated carbocycles. The van der Waals surface area contributed by atoms with Gasteiger partial charge in [0.1, 0.15) is 0 Å². The topological polar surface area (TPSA) is 66.6 Å². The standard InChI is InChI=1S/C14H13N3O2S/c18-12-4-1-5-17-9-10(16-14(12)17)8-15-13(19)7-11-3-2-6-20-11/h1-6,9,18H,7-8H2,(H,15,19). The van der Waals surface area contributed by atoms with Gasteiger partial charge in [0.05, 0.1) is 18.7 Å². The summed E-state index contributed by atoms with van der Waals surface area (Å²) in [6.45, 7) is 0.353. The van der Waals surface area contributed by atoms with Gasteiger partial charge < -0.3 is 14.8 Å². The highest BCUT2D eigenvalue weighted by molar-refractivity contribution is 7.10. The molecule has 20 heavy (non-hydrogen) atoms. The summed E-state index contributed by atoms with van der Waals surface area (Å²) in [5.74, 6) is 0.0948. The van der Waals surface area contributed by atoms with Crippen molar-refractivity contribution in [3.05, 3.63) is 52.6 Å². The first kappa shape index (κ1) is 12.7. The number of aromatic nitrogens is 2. The smallest absolute Gasteiger partial charge is 0.225 e. The van der Waals surface area contributed by atoms with E-state index in [0.717, 1.165) is 4.88 Å². The third-order valence-corrected chi connectivity index (χ3v) is 3.77. The molecule has 0 spiro atoms. The Balaban J connectivity index is 1.65. The zero-order chi connectivity index (χ0) is 13.9. The monoisotopic (exact) mass is 287 g/mol. The highest BCUT2D eigenvalue weighted by Crippen LogP contribution is 2.16. The van der Waals surface area contributed by atoms with Gasteiger partial charge in [0.2, 0.25) is 5.91 Å². The van der Waals surface area contributed by atoms with Crippen molar-refractivity contribution in [2.24, 2.45) is 0 Å². The second kappa shape index (κ2) is 5.34. The Morgan fingerprint density at radius 1 is 1.40 bits per heavy atom. The maximum Gasteiger partial charge on any atom is 0.225 e. The first-order chi connectivity index (χ1) is 9.72. The van der Waals surface area contributed by atoms with E-state index in [1.54, 1.807) is 40.3 Å². The highest BCUT2D eigenvalue weighted by Gasteiger charge is 2.08. The van der Waals surface area contributed by atoms with Crippen molar-refractivity contribution in [3.63, 3.8) is 0 Å². The fourth-order valence-electron chi connectivity index (χ4n) is 1.96. The number of nitrogens with zero attached hydrogens (tertiary/aromatic N) is 2. The van der Waals surface area contributed by atoms with E-state index < -0.39 is 0 Å². The summed E-state index contributed by atoms with van der Waals surface area (Å²) < 4.78 is 1.73. The van der Waals surface area contributed by atoms with Gasteiger partial charge in [-0.15, -0.1) is 11.3 Å². The zero-order valence-corrected chi connectivity index (χ0v) is 11.4. The van der Waals surface area contributed by atoms with Crippen LogP contribution in [0.3, 0.4) is 0 Å². The van der Waals surface area contributed by atoms with Crippen molar-refractivity contribution in [2.75, 3.05) is 0 Å². The lowest BCUT2D eigenvalue weighted by Gasteiger charge is -2.01. The van der Waals surface area contributed by atoms with E-state index in [4.69, 9.17) is 0 Å². The van der Waals surface area contributed by atoms with Crippen LogP contribution in [0.1, 0.15) is 10.6 Å². The number of imidazole rings is 1. The average Bonchev–Trinajstić information content (AvgIpc) is 3.06. The number of pyridine rings is 1. The molecule has 0 saturated heterocycles. The Morgan fingerprint density at radius 2 is 2.30 bits per heavy atom. The quantitative estimate of drug-likeness (QED) is 0.771. The molecule has 0 aliphatic heterocycles. The summed E-state index contributed by atoms with van der Waals surface area (Å²) in [5.41, 5.74) is 1.21. The molecule has 1 amide bonds. The number of thiophene rings is 1. The zero-order valence-electron chi connectivity index (χ0n) is 10.6. The average molecular weight is 287 g/mol. The lowest BCUT2D eigenvalue weighted by Crippen LogP contribution is -2.24. The van der Waals surface area contributed by atoms with Crippen molar-refractivity contribution in [3.8, 4) is 5.75 Å². The summed E-state index contributed by atoms with van der Waals surface area (Å²) in [6.07, 6.45) is 3.98. The lowest BCUT2D eigenvalue weighted by atomic mass is 10.3. The number of fused-ring (bicyclic) bond motifs is 1. The van der Waals surface area contributed by atoms with Gasteiger partial charge in [-0.05, 0) is 23.6 Å². The van der Waals surface area contributed by atoms with Crippen molar-refractivity contribution in [1.29, 1.82) is 0 Å². The minimum absolute atomic E-state index is 0.0336. The van der Waals surface area contributed by atoms with E-state index in [1.807, 2.05) is 17.5 Å². The van der Waals surface area contributed by atoms with Crippen LogP contribution < -0.4 is 5.32 Å². The normalized spacial score (nSPS) is 10.8. The fraction of sp³-hybridized carbons (Fsp3) is 0.143. The SMILES string of the molecule is O=C(Cc1cccs1)NCc1cn2cccc(O)c2n1. The molecule has 0 unspecified atom stereocenters. The van der Waals surface area contributed by atoms with Gasteiger partial charge in [-0.2, -0.15) is 0 Å². The largest absolute Gasteiger partial charge is 0.504 e. The molecule has 3 rings (SSSR count). The van der Waals surface area contributed by atoms with Crippen LogP contribution in [0.15, 0.2) is 42.0 Å². The van der Waals surface area contributed by atoms with Crippen LogP contribution in [0, 0.1) is 0 Å². The molecule has 0 bridgehead atoms. The van der Waals surface area contributed by atoms with Crippen molar-refractivity contribution in [1.82, 2.24) is 14.7 Å². The molecule has 0 aromatic carbocycles. The van der Waals surface area contributed by atoms with Gasteiger partial charge in [-0.1, -0.05) is 6.07 Å². The molecule has 3 heterocycles. The third-order valence-electron chi connectivity index (χ3n) is 2.89. The van der Waals surface area contributed by atoms with Crippen molar-refractivity contribution in [2.45, 2.75) is 13.0 Å². The number of rotatable bonds is 4. The minimum Gasteiger partial charge on any atom is -0.504 e. The first-order valence-corrected chi connectivity index (χ1v) is 7.05. The molecule has 0 aliphatic rings. The molecule has 0 radical (unpaired) electrons. The number of hydrogen-bond donors (Lipinski definition) is 2. The highest BCUT2D eigenvalue weighted by atomic mass is 32.1. The van der Waals surface area contributed by atoms with E-state index >= 15 is 0 Å². The Labute approximate surface area is 119 Å². The second-order valence-electron chi connectivity index (χ2n) is 4.39. The van der Waals surface area contributed by atoms with Gasteiger partial charge >= 0.3 is 0 Å². The van der Waals surface area contributed by atoms with Crippen molar-refractivity contribution >= 4 is 22.9 Å². The number of carbonyl (C=O) groups excluding carboxylic acids is 1. The van der Waals surface area contributed by atoms with Crippen LogP contribution in [-0.4, -0.2) is 20.4 Å². The third kappa shape index (κ3) is 2.65. The molecule has 3 aromatic heterocycles. The molecule has 2 N–H and O–H groups in total. The van der Waals surface area contributed by atoms with Crippen LogP contribution in [0.4, 0.5) is 0 Å². The number of nitrogens with one attached hydrogen (secondary N) is 1. The number of carbonyl (C=O) groups is 1. The van der Waals surface area contributed by atoms with Gasteiger partial charge in [-0.3, -0.25) is 4.79 Å². The van der Waals surface area contributed by atoms with Crippen LogP contribution in [0.25, 0.3) is 5.65 Å². The van der Waals surface area contributed by atoms with Gasteiger partial charge in [-0.25, -0.2) is 4.98 Å².